The Kier molecular flexibility index (Phi) is 2.81. The Labute approximate surface area is 89.7 Å². The molecule has 0 radical (unpaired) electrons. The van der Waals surface area contributed by atoms with E-state index in [9.17, 15) is 0 Å². The number of hydrogen-bond donors (Lipinski definition) is 1. The number of benzene rings is 1. The Bertz CT molecular complexity index is 363. The molecule has 1 aliphatic rings. The lowest BCUT2D eigenvalue weighted by Gasteiger charge is -2.20. The van der Waals surface area contributed by atoms with Gasteiger partial charge in [-0.25, -0.2) is 0 Å². The maximum atomic E-state index is 5.49. The van der Waals surface area contributed by atoms with Crippen LogP contribution in [0.15, 0.2) is 30.9 Å². The van der Waals surface area contributed by atoms with Crippen molar-refractivity contribution < 1.29 is 9.47 Å². The molecule has 1 aromatic carbocycles. The van der Waals surface area contributed by atoms with Gasteiger partial charge < -0.3 is 14.8 Å². The monoisotopic (exact) mass is 205 g/mol. The molecule has 0 saturated heterocycles. The minimum Gasteiger partial charge on any atom is -0.486 e. The first-order chi connectivity index (χ1) is 7.29. The summed E-state index contributed by atoms with van der Waals surface area (Å²) in [6.07, 6.45) is 1.86. The normalized spacial score (nSPS) is 15.5. The molecule has 0 amide bonds. The lowest BCUT2D eigenvalue weighted by Crippen LogP contribution is -2.16. The van der Waals surface area contributed by atoms with Gasteiger partial charge in [0.2, 0.25) is 0 Å². The fourth-order valence-corrected chi connectivity index (χ4v) is 1.45. The highest BCUT2D eigenvalue weighted by atomic mass is 16.6. The molecule has 3 nitrogen and oxygen atoms in total. The maximum absolute atomic E-state index is 5.49. The molecule has 1 heterocycles. The third kappa shape index (κ3) is 2.24. The summed E-state index contributed by atoms with van der Waals surface area (Å²) in [7, 11) is 0. The van der Waals surface area contributed by atoms with Crippen LogP contribution in [0.25, 0.3) is 0 Å². The van der Waals surface area contributed by atoms with Crippen LogP contribution in [0, 0.1) is 0 Å². The first kappa shape index (κ1) is 9.90. The van der Waals surface area contributed by atoms with Crippen LogP contribution < -0.4 is 14.8 Å². The number of nitrogens with one attached hydrogen (secondary N) is 1. The third-order valence-corrected chi connectivity index (χ3v) is 2.29. The predicted molar refractivity (Wildman–Crippen MR) is 60.7 cm³/mol. The van der Waals surface area contributed by atoms with Gasteiger partial charge in [0.25, 0.3) is 0 Å². The van der Waals surface area contributed by atoms with E-state index in [0.29, 0.717) is 13.2 Å². The fraction of sp³-hybridized carbons (Fsp3) is 0.333. The number of ether oxygens (including phenoxy) is 2. The first-order valence-corrected chi connectivity index (χ1v) is 5.08. The Morgan fingerprint density at radius 3 is 2.80 bits per heavy atom. The molecule has 0 spiro atoms. The van der Waals surface area contributed by atoms with Gasteiger partial charge in [0.05, 0.1) is 0 Å². The van der Waals surface area contributed by atoms with E-state index in [1.54, 1.807) is 0 Å². The summed E-state index contributed by atoms with van der Waals surface area (Å²) < 4.78 is 10.9. The highest BCUT2D eigenvalue weighted by Crippen LogP contribution is 2.32. The van der Waals surface area contributed by atoms with Crippen molar-refractivity contribution in [3.05, 3.63) is 30.9 Å². The van der Waals surface area contributed by atoms with Crippen LogP contribution >= 0.6 is 0 Å². The van der Waals surface area contributed by atoms with Crippen molar-refractivity contribution in [2.75, 3.05) is 18.5 Å². The molecule has 1 aromatic rings. The van der Waals surface area contributed by atoms with Crippen LogP contribution in [-0.4, -0.2) is 19.3 Å². The molecule has 1 aliphatic heterocycles. The molecule has 0 aliphatic carbocycles. The summed E-state index contributed by atoms with van der Waals surface area (Å²) >= 11 is 0. The van der Waals surface area contributed by atoms with Crippen molar-refractivity contribution in [3.63, 3.8) is 0 Å². The summed E-state index contributed by atoms with van der Waals surface area (Å²) in [4.78, 5) is 0. The van der Waals surface area contributed by atoms with Crippen molar-refractivity contribution in [2.45, 2.75) is 13.0 Å². The quantitative estimate of drug-likeness (QED) is 0.769. The largest absolute Gasteiger partial charge is 0.486 e. The highest BCUT2D eigenvalue weighted by Gasteiger charge is 2.11. The van der Waals surface area contributed by atoms with Crippen LogP contribution in [0.2, 0.25) is 0 Å². The van der Waals surface area contributed by atoms with E-state index in [-0.39, 0.29) is 6.04 Å². The Morgan fingerprint density at radius 1 is 1.33 bits per heavy atom. The van der Waals surface area contributed by atoms with Gasteiger partial charge in [-0.2, -0.15) is 0 Å². The van der Waals surface area contributed by atoms with E-state index in [1.807, 2.05) is 31.2 Å². The molecule has 0 aromatic heterocycles. The molecule has 15 heavy (non-hydrogen) atoms. The standard InChI is InChI=1S/C12H15NO2/c1-3-9(2)13-10-4-5-11-12(8-10)15-7-6-14-11/h3-5,8-9,13H,1,6-7H2,2H3. The SMILES string of the molecule is C=CC(C)Nc1ccc2c(c1)OCCO2. The molecule has 0 bridgehead atoms. The van der Waals surface area contributed by atoms with Crippen molar-refractivity contribution in [2.24, 2.45) is 0 Å². The van der Waals surface area contributed by atoms with E-state index >= 15 is 0 Å². The Hall–Kier alpha value is -1.64. The number of anilines is 1. The number of hydrogen-bond acceptors (Lipinski definition) is 3. The molecule has 1 N–H and O–H groups in total. The van der Waals surface area contributed by atoms with Crippen LogP contribution in [0.3, 0.4) is 0 Å². The summed E-state index contributed by atoms with van der Waals surface area (Å²) in [5.74, 6) is 1.63. The fourth-order valence-electron chi connectivity index (χ4n) is 1.45. The predicted octanol–water partition coefficient (Wildman–Crippen LogP) is 2.44. The summed E-state index contributed by atoms with van der Waals surface area (Å²) in [5, 5.41) is 3.29. The van der Waals surface area contributed by atoms with Gasteiger partial charge in [-0.15, -0.1) is 6.58 Å². The molecule has 80 valence electrons. The van der Waals surface area contributed by atoms with Crippen molar-refractivity contribution in [1.82, 2.24) is 0 Å². The van der Waals surface area contributed by atoms with Gasteiger partial charge in [-0.1, -0.05) is 6.08 Å². The van der Waals surface area contributed by atoms with Gasteiger partial charge in [-0.3, -0.25) is 0 Å². The molecule has 1 unspecified atom stereocenters. The zero-order valence-electron chi connectivity index (χ0n) is 8.82. The highest BCUT2D eigenvalue weighted by molar-refractivity contribution is 5.55. The minimum atomic E-state index is 0.243. The van der Waals surface area contributed by atoms with E-state index in [2.05, 4.69) is 11.9 Å². The van der Waals surface area contributed by atoms with Gasteiger partial charge in [-0.05, 0) is 19.1 Å². The summed E-state index contributed by atoms with van der Waals surface area (Å²) in [5.41, 5.74) is 1.02. The van der Waals surface area contributed by atoms with Gasteiger partial charge >= 0.3 is 0 Å². The number of rotatable bonds is 3. The van der Waals surface area contributed by atoms with Gasteiger partial charge in [0.15, 0.2) is 11.5 Å². The molecule has 3 heteroatoms. The van der Waals surface area contributed by atoms with Crippen molar-refractivity contribution in [3.8, 4) is 11.5 Å². The number of fused-ring (bicyclic) bond motifs is 1. The second kappa shape index (κ2) is 4.26. The second-order valence-corrected chi connectivity index (χ2v) is 3.53. The topological polar surface area (TPSA) is 30.5 Å². The molecule has 2 rings (SSSR count). The summed E-state index contributed by atoms with van der Waals surface area (Å²) in [6.45, 7) is 7.02. The van der Waals surface area contributed by atoms with E-state index in [4.69, 9.17) is 9.47 Å². The average Bonchev–Trinajstić information content (AvgIpc) is 2.29. The van der Waals surface area contributed by atoms with Crippen LogP contribution in [0.1, 0.15) is 6.92 Å². The zero-order valence-corrected chi connectivity index (χ0v) is 8.82. The van der Waals surface area contributed by atoms with Crippen LogP contribution in [0.5, 0.6) is 11.5 Å². The third-order valence-electron chi connectivity index (χ3n) is 2.29. The smallest absolute Gasteiger partial charge is 0.163 e. The van der Waals surface area contributed by atoms with Crippen molar-refractivity contribution in [1.29, 1.82) is 0 Å². The molecular weight excluding hydrogens is 190 g/mol. The van der Waals surface area contributed by atoms with Gasteiger partial charge in [0, 0.05) is 17.8 Å². The lowest BCUT2D eigenvalue weighted by molar-refractivity contribution is 0.171. The lowest BCUT2D eigenvalue weighted by atomic mass is 10.2. The Balaban J connectivity index is 2.16. The van der Waals surface area contributed by atoms with Crippen LogP contribution in [-0.2, 0) is 0 Å². The molecule has 0 saturated carbocycles. The van der Waals surface area contributed by atoms with E-state index < -0.39 is 0 Å². The average molecular weight is 205 g/mol. The van der Waals surface area contributed by atoms with Crippen molar-refractivity contribution >= 4 is 5.69 Å². The molecule has 0 fully saturated rings. The second-order valence-electron chi connectivity index (χ2n) is 3.53. The van der Waals surface area contributed by atoms with E-state index in [1.165, 1.54) is 0 Å². The summed E-state index contributed by atoms with van der Waals surface area (Å²) in [6, 6.07) is 6.10. The zero-order chi connectivity index (χ0) is 10.7. The maximum Gasteiger partial charge on any atom is 0.163 e. The van der Waals surface area contributed by atoms with Crippen LogP contribution in [0.4, 0.5) is 5.69 Å². The van der Waals surface area contributed by atoms with Gasteiger partial charge in [0.1, 0.15) is 13.2 Å². The molecular formula is C12H15NO2. The minimum absolute atomic E-state index is 0.243. The first-order valence-electron chi connectivity index (χ1n) is 5.08. The van der Waals surface area contributed by atoms with E-state index in [0.717, 1.165) is 17.2 Å². The molecule has 1 atom stereocenters. The Morgan fingerprint density at radius 2 is 2.07 bits per heavy atom.